The van der Waals surface area contributed by atoms with E-state index in [4.69, 9.17) is 24.8 Å². The molecule has 0 fully saturated rings. The van der Waals surface area contributed by atoms with Crippen molar-refractivity contribution >= 4 is 25.7 Å². The largest absolute Gasteiger partial charge is 0.480 e. The topological polar surface area (TPSA) is 172 Å². The number of phosphoric ester groups is 1. The van der Waals surface area contributed by atoms with Crippen molar-refractivity contribution in [2.24, 2.45) is 5.73 Å². The third-order valence-electron chi connectivity index (χ3n) is 6.70. The Morgan fingerprint density at radius 2 is 1.20 bits per heavy atom. The minimum atomic E-state index is -4.70. The van der Waals surface area contributed by atoms with Crippen LogP contribution >= 0.6 is 7.82 Å². The van der Waals surface area contributed by atoms with Gasteiger partial charge in [-0.1, -0.05) is 95.9 Å². The van der Waals surface area contributed by atoms with Crippen LogP contribution in [0.4, 0.5) is 0 Å². The van der Waals surface area contributed by atoms with E-state index in [9.17, 15) is 23.8 Å². The highest BCUT2D eigenvalue weighted by Crippen LogP contribution is 2.43. The number of nitrogens with two attached hydrogens (primary N) is 1. The summed E-state index contributed by atoms with van der Waals surface area (Å²) < 4.78 is 32.2. The highest BCUT2D eigenvalue weighted by atomic mass is 31.2. The third-order valence-corrected chi connectivity index (χ3v) is 7.65. The van der Waals surface area contributed by atoms with E-state index in [1.807, 2.05) is 0 Å². The van der Waals surface area contributed by atoms with E-state index in [1.54, 1.807) is 0 Å². The molecule has 0 saturated carbocycles. The number of rotatable bonds is 30. The third kappa shape index (κ3) is 27.5. The molecule has 0 bridgehead atoms. The van der Waals surface area contributed by atoms with Crippen molar-refractivity contribution in [1.82, 2.24) is 0 Å². The molecular formula is C32H58NO10P. The van der Waals surface area contributed by atoms with Crippen LogP contribution < -0.4 is 5.73 Å². The molecule has 0 heterocycles. The lowest BCUT2D eigenvalue weighted by Crippen LogP contribution is -2.34. The van der Waals surface area contributed by atoms with Gasteiger partial charge in [-0.2, -0.15) is 0 Å². The first-order valence-corrected chi connectivity index (χ1v) is 17.9. The summed E-state index contributed by atoms with van der Waals surface area (Å²) in [4.78, 5) is 45.2. The van der Waals surface area contributed by atoms with Gasteiger partial charge in [0.1, 0.15) is 12.6 Å². The van der Waals surface area contributed by atoms with Crippen LogP contribution in [0.3, 0.4) is 0 Å². The number of esters is 2. The maximum Gasteiger partial charge on any atom is 0.472 e. The SMILES string of the molecule is CCCCC/C=C\C/C=C\CCCCCCCC(=O)OC(COC(=O)CCCCCCC)COP(=O)(O)OCC(N)C(=O)O. The number of unbranched alkanes of at least 4 members (excludes halogenated alkanes) is 12. The zero-order valence-electron chi connectivity index (χ0n) is 27.0. The summed E-state index contributed by atoms with van der Waals surface area (Å²) in [6.07, 6.45) is 24.5. The lowest BCUT2D eigenvalue weighted by Gasteiger charge is -2.20. The van der Waals surface area contributed by atoms with Crippen molar-refractivity contribution in [3.05, 3.63) is 24.3 Å². The quantitative estimate of drug-likeness (QED) is 0.0312. The predicted octanol–water partition coefficient (Wildman–Crippen LogP) is 7.16. The molecule has 44 heavy (non-hydrogen) atoms. The van der Waals surface area contributed by atoms with Gasteiger partial charge in [0.05, 0.1) is 13.2 Å². The Kier molecular flexibility index (Phi) is 27.1. The number of carboxylic acid groups (broad SMARTS) is 1. The summed E-state index contributed by atoms with van der Waals surface area (Å²) in [5, 5.41) is 8.80. The Labute approximate surface area is 264 Å². The van der Waals surface area contributed by atoms with E-state index in [2.05, 4.69) is 42.7 Å². The molecule has 0 aliphatic carbocycles. The highest BCUT2D eigenvalue weighted by molar-refractivity contribution is 7.47. The molecular weight excluding hydrogens is 589 g/mol. The Morgan fingerprint density at radius 3 is 1.82 bits per heavy atom. The van der Waals surface area contributed by atoms with E-state index in [-0.39, 0.29) is 19.4 Å². The predicted molar refractivity (Wildman–Crippen MR) is 171 cm³/mol. The van der Waals surface area contributed by atoms with Crippen LogP contribution in [0.1, 0.15) is 129 Å². The average Bonchev–Trinajstić information content (AvgIpc) is 2.99. The van der Waals surface area contributed by atoms with E-state index >= 15 is 0 Å². The van der Waals surface area contributed by atoms with Gasteiger partial charge >= 0.3 is 25.7 Å². The molecule has 0 rings (SSSR count). The van der Waals surface area contributed by atoms with Crippen molar-refractivity contribution < 1.29 is 47.5 Å². The second kappa shape index (κ2) is 28.4. The van der Waals surface area contributed by atoms with Gasteiger partial charge in [-0.15, -0.1) is 0 Å². The molecule has 4 N–H and O–H groups in total. The highest BCUT2D eigenvalue weighted by Gasteiger charge is 2.28. The zero-order valence-corrected chi connectivity index (χ0v) is 27.9. The summed E-state index contributed by atoms with van der Waals surface area (Å²) >= 11 is 0. The van der Waals surface area contributed by atoms with Crippen molar-refractivity contribution in [1.29, 1.82) is 0 Å². The minimum Gasteiger partial charge on any atom is -0.480 e. The molecule has 0 aromatic carbocycles. The Hall–Kier alpha value is -2.04. The normalized spacial score (nSPS) is 14.5. The second-order valence-corrected chi connectivity index (χ2v) is 12.4. The lowest BCUT2D eigenvalue weighted by molar-refractivity contribution is -0.161. The Morgan fingerprint density at radius 1 is 0.705 bits per heavy atom. The van der Waals surface area contributed by atoms with Gasteiger partial charge in [-0.3, -0.25) is 23.4 Å². The molecule has 0 aliphatic heterocycles. The minimum absolute atomic E-state index is 0.146. The molecule has 0 aromatic rings. The van der Waals surface area contributed by atoms with Gasteiger partial charge in [0.15, 0.2) is 6.10 Å². The number of ether oxygens (including phenoxy) is 2. The van der Waals surface area contributed by atoms with Crippen LogP contribution in [0.15, 0.2) is 24.3 Å². The monoisotopic (exact) mass is 647 g/mol. The molecule has 256 valence electrons. The first kappa shape index (κ1) is 42.0. The fraction of sp³-hybridized carbons (Fsp3) is 0.781. The number of aliphatic carboxylic acids is 1. The van der Waals surface area contributed by atoms with Crippen molar-refractivity contribution in [2.45, 2.75) is 142 Å². The number of carboxylic acids is 1. The molecule has 12 heteroatoms. The van der Waals surface area contributed by atoms with Crippen LogP contribution in [0, 0.1) is 0 Å². The van der Waals surface area contributed by atoms with Crippen LogP contribution in [0.25, 0.3) is 0 Å². The average molecular weight is 648 g/mol. The zero-order chi connectivity index (χ0) is 32.9. The van der Waals surface area contributed by atoms with E-state index in [0.717, 1.165) is 70.6 Å². The van der Waals surface area contributed by atoms with Gasteiger partial charge in [0, 0.05) is 12.8 Å². The van der Waals surface area contributed by atoms with Crippen molar-refractivity contribution in [3.63, 3.8) is 0 Å². The lowest BCUT2D eigenvalue weighted by atomic mass is 10.1. The van der Waals surface area contributed by atoms with Crippen LogP contribution in [-0.4, -0.2) is 59.9 Å². The fourth-order valence-electron chi connectivity index (χ4n) is 4.03. The van der Waals surface area contributed by atoms with Gasteiger partial charge < -0.3 is 25.2 Å². The number of carbonyl (C=O) groups excluding carboxylic acids is 2. The first-order valence-electron chi connectivity index (χ1n) is 16.4. The van der Waals surface area contributed by atoms with Crippen LogP contribution in [0.2, 0.25) is 0 Å². The molecule has 0 spiro atoms. The molecule has 0 aliphatic rings. The van der Waals surface area contributed by atoms with Gasteiger partial charge in [0.2, 0.25) is 0 Å². The summed E-state index contributed by atoms with van der Waals surface area (Å²) in [7, 11) is -4.70. The Bertz CT molecular complexity index is 864. The maximum absolute atomic E-state index is 12.4. The molecule has 0 saturated heterocycles. The summed E-state index contributed by atoms with van der Waals surface area (Å²) in [5.41, 5.74) is 5.28. The number of hydrogen-bond acceptors (Lipinski definition) is 9. The number of phosphoric acid groups is 1. The smallest absolute Gasteiger partial charge is 0.472 e. The van der Waals surface area contributed by atoms with Crippen LogP contribution in [0.5, 0.6) is 0 Å². The van der Waals surface area contributed by atoms with Crippen LogP contribution in [-0.2, 0) is 37.5 Å². The summed E-state index contributed by atoms with van der Waals surface area (Å²) in [6, 6.07) is -1.52. The summed E-state index contributed by atoms with van der Waals surface area (Å²) in [5.74, 6) is -2.42. The van der Waals surface area contributed by atoms with E-state index < -0.39 is 51.1 Å². The number of carbonyl (C=O) groups is 3. The van der Waals surface area contributed by atoms with Gasteiger partial charge in [-0.05, 0) is 44.9 Å². The second-order valence-electron chi connectivity index (χ2n) is 10.9. The van der Waals surface area contributed by atoms with Gasteiger partial charge in [-0.25, -0.2) is 4.57 Å². The molecule has 3 atom stereocenters. The summed E-state index contributed by atoms with van der Waals surface area (Å²) in [6.45, 7) is 2.61. The molecule has 0 aromatic heterocycles. The van der Waals surface area contributed by atoms with E-state index in [0.29, 0.717) is 12.8 Å². The number of hydrogen-bond donors (Lipinski definition) is 3. The van der Waals surface area contributed by atoms with E-state index in [1.165, 1.54) is 19.3 Å². The van der Waals surface area contributed by atoms with Gasteiger partial charge in [0.25, 0.3) is 0 Å². The molecule has 0 amide bonds. The Balaban J connectivity index is 4.45. The molecule has 11 nitrogen and oxygen atoms in total. The molecule has 3 unspecified atom stereocenters. The maximum atomic E-state index is 12.4. The molecule has 0 radical (unpaired) electrons. The van der Waals surface area contributed by atoms with Crippen molar-refractivity contribution in [3.8, 4) is 0 Å². The van der Waals surface area contributed by atoms with Crippen molar-refractivity contribution in [2.75, 3.05) is 19.8 Å². The number of allylic oxidation sites excluding steroid dienone is 4. The fourth-order valence-corrected chi connectivity index (χ4v) is 4.81. The standard InChI is InChI=1S/C32H58NO10P/c1-3-5-7-9-10-11-12-13-14-15-16-17-18-20-22-24-31(35)43-28(25-40-30(34)23-21-19-8-6-4-2)26-41-44(38,39)42-27-29(33)32(36)37/h10-11,13-14,28-29H,3-9,12,15-27,33H2,1-2H3,(H,36,37)(H,38,39)/b11-10-,14-13-. The first-order chi connectivity index (χ1) is 21.1.